The number of hydrogen-bond donors (Lipinski definition) is 2. The van der Waals surface area contributed by atoms with Crippen LogP contribution in [0.2, 0.25) is 0 Å². The fourth-order valence-corrected chi connectivity index (χ4v) is 5.22. The van der Waals surface area contributed by atoms with Crippen LogP contribution in [0.3, 0.4) is 0 Å². The highest BCUT2D eigenvalue weighted by atomic mass is 16.5. The Morgan fingerprint density at radius 1 is 1.05 bits per heavy atom. The number of aliphatic hydroxyl groups is 2. The van der Waals surface area contributed by atoms with Gasteiger partial charge in [0.05, 0.1) is 30.2 Å². The number of nitrogens with zero attached hydrogens (tertiary/aromatic N) is 4. The smallest absolute Gasteiger partial charge is 0.213 e. The molecule has 2 N–H and O–H groups in total. The third kappa shape index (κ3) is 6.71. The number of carbonyl (C=O) groups excluding carboxylic acids is 1. The van der Waals surface area contributed by atoms with E-state index in [-0.39, 0.29) is 18.8 Å². The van der Waals surface area contributed by atoms with Gasteiger partial charge in [0.15, 0.2) is 5.78 Å². The van der Waals surface area contributed by atoms with Crippen molar-refractivity contribution in [2.75, 3.05) is 19.7 Å². The van der Waals surface area contributed by atoms with Crippen LogP contribution in [-0.2, 0) is 19.7 Å². The molecule has 0 spiro atoms. The summed E-state index contributed by atoms with van der Waals surface area (Å²) in [7, 11) is 0. The minimum Gasteiger partial charge on any atom is -0.473 e. The molecule has 0 bridgehead atoms. The van der Waals surface area contributed by atoms with Crippen molar-refractivity contribution in [1.29, 1.82) is 0 Å². The number of Topliss-reactive ketones (excluding diaryl/α,β-unsaturated/α-hetero) is 1. The standard InChI is InChI=1S/C31H36N4O4/c1-22(37)25-10-11-28-29(18-25)35(19-26(38)14-17-36)30(32-28)20-34-15-12-24(13-16-34)27-8-5-9-31(33-27)39-21-23-6-3-2-4-7-23/h2-11,18,24,26,36,38H,12-17,19-21H2,1H3. The predicted molar refractivity (Wildman–Crippen MR) is 150 cm³/mol. The van der Waals surface area contributed by atoms with E-state index >= 15 is 0 Å². The summed E-state index contributed by atoms with van der Waals surface area (Å²) in [5.41, 5.74) is 4.44. The molecule has 0 saturated carbocycles. The number of likely N-dealkylation sites (tertiary alicyclic amines) is 1. The fourth-order valence-electron chi connectivity index (χ4n) is 5.22. The summed E-state index contributed by atoms with van der Waals surface area (Å²) >= 11 is 0. The van der Waals surface area contributed by atoms with E-state index in [9.17, 15) is 15.0 Å². The minimum absolute atomic E-state index is 0.00711. The van der Waals surface area contributed by atoms with Crippen LogP contribution in [0, 0.1) is 0 Å². The van der Waals surface area contributed by atoms with Crippen LogP contribution in [0.25, 0.3) is 11.0 Å². The molecule has 8 nitrogen and oxygen atoms in total. The molecule has 8 heteroatoms. The highest BCUT2D eigenvalue weighted by molar-refractivity contribution is 5.97. The van der Waals surface area contributed by atoms with Gasteiger partial charge >= 0.3 is 0 Å². The van der Waals surface area contributed by atoms with Gasteiger partial charge in [0, 0.05) is 29.8 Å². The number of piperidine rings is 1. The van der Waals surface area contributed by atoms with Gasteiger partial charge < -0.3 is 19.5 Å². The number of rotatable bonds is 11. The Labute approximate surface area is 228 Å². The lowest BCUT2D eigenvalue weighted by atomic mass is 9.93. The van der Waals surface area contributed by atoms with Gasteiger partial charge in [-0.3, -0.25) is 9.69 Å². The number of aromatic nitrogens is 3. The molecular weight excluding hydrogens is 492 g/mol. The number of aliphatic hydroxyl groups excluding tert-OH is 2. The predicted octanol–water partition coefficient (Wildman–Crippen LogP) is 4.34. The minimum atomic E-state index is -0.694. The van der Waals surface area contributed by atoms with Crippen molar-refractivity contribution in [3.8, 4) is 5.88 Å². The third-order valence-corrected chi connectivity index (χ3v) is 7.43. The summed E-state index contributed by atoms with van der Waals surface area (Å²) in [4.78, 5) is 24.0. The average Bonchev–Trinajstić information content (AvgIpc) is 3.29. The molecule has 2 aromatic carbocycles. The molecule has 39 heavy (non-hydrogen) atoms. The van der Waals surface area contributed by atoms with E-state index in [1.807, 2.05) is 59.2 Å². The first-order valence-corrected chi connectivity index (χ1v) is 13.6. The number of pyridine rings is 1. The zero-order chi connectivity index (χ0) is 27.2. The Morgan fingerprint density at radius 3 is 2.59 bits per heavy atom. The van der Waals surface area contributed by atoms with Crippen LogP contribution in [0.4, 0.5) is 0 Å². The topological polar surface area (TPSA) is 101 Å². The Balaban J connectivity index is 1.25. The molecule has 5 rings (SSSR count). The van der Waals surface area contributed by atoms with E-state index in [0.717, 1.165) is 54.0 Å². The molecule has 0 amide bonds. The zero-order valence-electron chi connectivity index (χ0n) is 22.4. The molecular formula is C31H36N4O4. The molecule has 204 valence electrons. The second-order valence-electron chi connectivity index (χ2n) is 10.3. The molecule has 0 aliphatic carbocycles. The number of fused-ring (bicyclic) bond motifs is 1. The van der Waals surface area contributed by atoms with Gasteiger partial charge in [-0.1, -0.05) is 36.4 Å². The molecule has 3 heterocycles. The Kier molecular flexibility index (Phi) is 8.66. The van der Waals surface area contributed by atoms with Gasteiger partial charge in [0.25, 0.3) is 0 Å². The second-order valence-corrected chi connectivity index (χ2v) is 10.3. The third-order valence-electron chi connectivity index (χ3n) is 7.43. The van der Waals surface area contributed by atoms with E-state index in [2.05, 4.69) is 11.0 Å². The number of benzene rings is 2. The molecule has 2 aromatic heterocycles. The van der Waals surface area contributed by atoms with Crippen LogP contribution in [0.15, 0.2) is 66.7 Å². The fraction of sp³-hybridized carbons (Fsp3) is 0.387. The van der Waals surface area contributed by atoms with E-state index in [0.29, 0.717) is 37.1 Å². The van der Waals surface area contributed by atoms with Crippen molar-refractivity contribution in [2.45, 2.75) is 57.9 Å². The van der Waals surface area contributed by atoms with Gasteiger partial charge in [0.1, 0.15) is 12.4 Å². The lowest BCUT2D eigenvalue weighted by Crippen LogP contribution is -2.34. The van der Waals surface area contributed by atoms with E-state index < -0.39 is 6.10 Å². The van der Waals surface area contributed by atoms with Crippen LogP contribution >= 0.6 is 0 Å². The largest absolute Gasteiger partial charge is 0.473 e. The molecule has 4 aromatic rings. The highest BCUT2D eigenvalue weighted by Gasteiger charge is 2.24. The maximum atomic E-state index is 12.0. The molecule has 1 unspecified atom stereocenters. The number of carbonyl (C=O) groups is 1. The molecule has 1 aliphatic rings. The van der Waals surface area contributed by atoms with E-state index in [4.69, 9.17) is 14.7 Å². The lowest BCUT2D eigenvalue weighted by molar-refractivity contribution is 0.101. The average molecular weight is 529 g/mol. The normalized spacial score (nSPS) is 15.5. The molecule has 1 atom stereocenters. The number of hydrogen-bond acceptors (Lipinski definition) is 7. The summed E-state index contributed by atoms with van der Waals surface area (Å²) in [6.45, 7) is 4.75. The van der Waals surface area contributed by atoms with Crippen LogP contribution in [0.5, 0.6) is 5.88 Å². The Morgan fingerprint density at radius 2 is 1.85 bits per heavy atom. The Bertz CT molecular complexity index is 1400. The van der Waals surface area contributed by atoms with Gasteiger partial charge in [0.2, 0.25) is 5.88 Å². The van der Waals surface area contributed by atoms with Crippen molar-refractivity contribution in [1.82, 2.24) is 19.4 Å². The highest BCUT2D eigenvalue weighted by Crippen LogP contribution is 2.29. The number of ether oxygens (including phenoxy) is 1. The first-order valence-electron chi connectivity index (χ1n) is 13.6. The van der Waals surface area contributed by atoms with Crippen molar-refractivity contribution in [3.05, 3.63) is 89.4 Å². The van der Waals surface area contributed by atoms with Gasteiger partial charge in [-0.05, 0) is 69.1 Å². The SMILES string of the molecule is CC(=O)c1ccc2nc(CN3CCC(c4cccc(OCc5ccccc5)n4)CC3)n(CC(O)CCO)c2c1. The first kappa shape index (κ1) is 27.0. The molecule has 0 radical (unpaired) electrons. The van der Waals surface area contributed by atoms with E-state index in [1.165, 1.54) is 0 Å². The number of imidazole rings is 1. The summed E-state index contributed by atoms with van der Waals surface area (Å²) in [6, 6.07) is 21.6. The summed E-state index contributed by atoms with van der Waals surface area (Å²) in [6.07, 6.45) is 1.56. The van der Waals surface area contributed by atoms with Gasteiger partial charge in [-0.25, -0.2) is 9.97 Å². The first-order chi connectivity index (χ1) is 19.0. The lowest BCUT2D eigenvalue weighted by Gasteiger charge is -2.31. The van der Waals surface area contributed by atoms with Gasteiger partial charge in [-0.15, -0.1) is 0 Å². The van der Waals surface area contributed by atoms with E-state index in [1.54, 1.807) is 13.0 Å². The second kappa shape index (κ2) is 12.5. The summed E-state index contributed by atoms with van der Waals surface area (Å²) in [5.74, 6) is 1.87. The van der Waals surface area contributed by atoms with Crippen molar-refractivity contribution in [3.63, 3.8) is 0 Å². The van der Waals surface area contributed by atoms with Gasteiger partial charge in [-0.2, -0.15) is 0 Å². The molecule has 1 fully saturated rings. The maximum absolute atomic E-state index is 12.0. The quantitative estimate of drug-likeness (QED) is 0.279. The van der Waals surface area contributed by atoms with Crippen molar-refractivity contribution in [2.24, 2.45) is 0 Å². The van der Waals surface area contributed by atoms with Crippen molar-refractivity contribution >= 4 is 16.8 Å². The molecule has 1 saturated heterocycles. The summed E-state index contributed by atoms with van der Waals surface area (Å²) in [5, 5.41) is 19.8. The van der Waals surface area contributed by atoms with Crippen LogP contribution in [0.1, 0.15) is 59.5 Å². The van der Waals surface area contributed by atoms with Crippen LogP contribution < -0.4 is 4.74 Å². The maximum Gasteiger partial charge on any atom is 0.213 e. The molecule has 1 aliphatic heterocycles. The van der Waals surface area contributed by atoms with Crippen molar-refractivity contribution < 1.29 is 19.7 Å². The monoisotopic (exact) mass is 528 g/mol. The number of ketones is 1. The summed E-state index contributed by atoms with van der Waals surface area (Å²) < 4.78 is 7.95. The Hall–Kier alpha value is -3.59. The zero-order valence-corrected chi connectivity index (χ0v) is 22.4. The van der Waals surface area contributed by atoms with Crippen LogP contribution in [-0.4, -0.2) is 61.2 Å².